The number of nitrogens with zero attached hydrogens (tertiary/aromatic N) is 1. The van der Waals surface area contributed by atoms with E-state index in [4.69, 9.17) is 4.99 Å². The first-order chi connectivity index (χ1) is 12.3. The molecule has 25 heavy (non-hydrogen) atoms. The van der Waals surface area contributed by atoms with E-state index in [2.05, 4.69) is 79.7 Å². The lowest BCUT2D eigenvalue weighted by Crippen LogP contribution is -1.97. The molecule has 5 rings (SSSR count). The van der Waals surface area contributed by atoms with Gasteiger partial charge in [0.2, 0.25) is 0 Å². The summed E-state index contributed by atoms with van der Waals surface area (Å²) in [6, 6.07) is 26.0. The van der Waals surface area contributed by atoms with Gasteiger partial charge in [0.1, 0.15) is 0 Å². The van der Waals surface area contributed by atoms with Crippen molar-refractivity contribution >= 4 is 32.9 Å². The number of hydrogen-bond donors (Lipinski definition) is 0. The molecule has 120 valence electrons. The topological polar surface area (TPSA) is 12.4 Å². The van der Waals surface area contributed by atoms with Gasteiger partial charge in [-0.05, 0) is 53.1 Å². The molecule has 0 bridgehead atoms. The van der Waals surface area contributed by atoms with Crippen LogP contribution < -0.4 is 0 Å². The Kier molecular flexibility index (Phi) is 3.21. The van der Waals surface area contributed by atoms with Crippen LogP contribution in [0.2, 0.25) is 0 Å². The van der Waals surface area contributed by atoms with E-state index in [1.54, 1.807) is 0 Å². The number of aryl methyl sites for hydroxylation is 2. The molecule has 1 nitrogen and oxygen atoms in total. The summed E-state index contributed by atoms with van der Waals surface area (Å²) in [6.45, 7) is 2.13. The normalized spacial score (nSPS) is 13.7. The lowest BCUT2D eigenvalue weighted by molar-refractivity contribution is 1.02. The van der Waals surface area contributed by atoms with E-state index in [9.17, 15) is 0 Å². The molecule has 0 aliphatic heterocycles. The van der Waals surface area contributed by atoms with Gasteiger partial charge in [0, 0.05) is 16.7 Å². The van der Waals surface area contributed by atoms with Gasteiger partial charge in [-0.1, -0.05) is 66.7 Å². The first-order valence-electron chi connectivity index (χ1n) is 8.88. The lowest BCUT2D eigenvalue weighted by atomic mass is 9.97. The first-order valence-corrected chi connectivity index (χ1v) is 8.88. The third-order valence-electron chi connectivity index (χ3n) is 5.32. The maximum atomic E-state index is 5.00. The van der Waals surface area contributed by atoms with Gasteiger partial charge in [-0.15, -0.1) is 0 Å². The van der Waals surface area contributed by atoms with Crippen molar-refractivity contribution in [3.63, 3.8) is 0 Å². The fraction of sp³-hybridized carbons (Fsp3) is 0.125. The zero-order valence-corrected chi connectivity index (χ0v) is 14.3. The van der Waals surface area contributed by atoms with Crippen molar-refractivity contribution in [3.05, 3.63) is 89.5 Å². The molecular formula is C24H19N. The molecule has 4 aromatic rings. The van der Waals surface area contributed by atoms with Crippen LogP contribution in [-0.2, 0) is 12.8 Å². The van der Waals surface area contributed by atoms with Crippen LogP contribution in [0.5, 0.6) is 0 Å². The minimum absolute atomic E-state index is 1.04. The molecule has 0 unspecified atom stereocenters. The minimum Gasteiger partial charge on any atom is -0.252 e. The van der Waals surface area contributed by atoms with Crippen molar-refractivity contribution in [3.8, 4) is 0 Å². The molecule has 0 saturated heterocycles. The summed E-state index contributed by atoms with van der Waals surface area (Å²) < 4.78 is 0. The lowest BCUT2D eigenvalue weighted by Gasteiger charge is -2.10. The van der Waals surface area contributed by atoms with Crippen molar-refractivity contribution in [1.29, 1.82) is 0 Å². The second-order valence-electron chi connectivity index (χ2n) is 6.81. The van der Waals surface area contributed by atoms with Gasteiger partial charge in [0.05, 0.1) is 5.69 Å². The molecule has 1 aliphatic carbocycles. The van der Waals surface area contributed by atoms with Crippen LogP contribution in [0.3, 0.4) is 0 Å². The average Bonchev–Trinajstić information content (AvgIpc) is 3.07. The molecule has 0 aromatic heterocycles. The Morgan fingerprint density at radius 3 is 2.36 bits per heavy atom. The van der Waals surface area contributed by atoms with Gasteiger partial charge in [-0.2, -0.15) is 0 Å². The first kappa shape index (κ1) is 14.4. The largest absolute Gasteiger partial charge is 0.252 e. The Balaban J connectivity index is 1.71. The highest BCUT2D eigenvalue weighted by Crippen LogP contribution is 2.34. The van der Waals surface area contributed by atoms with Crippen molar-refractivity contribution in [2.75, 3.05) is 0 Å². The summed E-state index contributed by atoms with van der Waals surface area (Å²) in [4.78, 5) is 5.00. The van der Waals surface area contributed by atoms with Crippen molar-refractivity contribution in [1.82, 2.24) is 0 Å². The third-order valence-corrected chi connectivity index (χ3v) is 5.32. The zero-order valence-electron chi connectivity index (χ0n) is 14.3. The molecule has 0 spiro atoms. The van der Waals surface area contributed by atoms with Gasteiger partial charge in [0.25, 0.3) is 0 Å². The molecule has 0 N–H and O–H groups in total. The monoisotopic (exact) mass is 321 g/mol. The van der Waals surface area contributed by atoms with Crippen LogP contribution >= 0.6 is 0 Å². The highest BCUT2D eigenvalue weighted by molar-refractivity contribution is 6.13. The molecule has 0 saturated carbocycles. The van der Waals surface area contributed by atoms with E-state index < -0.39 is 0 Å². The quantitative estimate of drug-likeness (QED) is 0.388. The predicted molar refractivity (Wildman–Crippen MR) is 107 cm³/mol. The smallest absolute Gasteiger partial charge is 0.0711 e. The van der Waals surface area contributed by atoms with Gasteiger partial charge in [-0.3, -0.25) is 4.99 Å². The minimum atomic E-state index is 1.04. The fourth-order valence-corrected chi connectivity index (χ4v) is 4.11. The van der Waals surface area contributed by atoms with Crippen LogP contribution in [0.4, 0.5) is 5.69 Å². The fourth-order valence-electron chi connectivity index (χ4n) is 4.11. The summed E-state index contributed by atoms with van der Waals surface area (Å²) in [5.41, 5.74) is 6.32. The standard InChI is InChI=1S/C24H19N/c1-16(25-23-11-5-7-17-6-2-3-9-21(17)23)20-15-14-19-13-12-18-8-4-10-22(20)24(18)19/h2-11,14-15H,12-13H2,1H3. The summed E-state index contributed by atoms with van der Waals surface area (Å²) >= 11 is 0. The highest BCUT2D eigenvalue weighted by atomic mass is 14.7. The van der Waals surface area contributed by atoms with Gasteiger partial charge in [-0.25, -0.2) is 0 Å². The van der Waals surface area contributed by atoms with Gasteiger partial charge >= 0.3 is 0 Å². The van der Waals surface area contributed by atoms with Crippen molar-refractivity contribution < 1.29 is 0 Å². The number of hydrogen-bond acceptors (Lipinski definition) is 1. The molecular weight excluding hydrogens is 302 g/mol. The third kappa shape index (κ3) is 2.27. The van der Waals surface area contributed by atoms with Crippen LogP contribution in [0.15, 0.2) is 77.8 Å². The van der Waals surface area contributed by atoms with Crippen LogP contribution in [0, 0.1) is 0 Å². The van der Waals surface area contributed by atoms with Crippen molar-refractivity contribution in [2.24, 2.45) is 4.99 Å². The second-order valence-corrected chi connectivity index (χ2v) is 6.81. The molecule has 4 aromatic carbocycles. The van der Waals surface area contributed by atoms with Crippen molar-refractivity contribution in [2.45, 2.75) is 19.8 Å². The van der Waals surface area contributed by atoms with Gasteiger partial charge < -0.3 is 0 Å². The average molecular weight is 321 g/mol. The Morgan fingerprint density at radius 1 is 0.720 bits per heavy atom. The SMILES string of the molecule is CC(=Nc1cccc2ccccc12)c1ccc2c3c(cccc13)CC2. The Labute approximate surface area is 147 Å². The van der Waals surface area contributed by atoms with E-state index in [0.717, 1.165) is 24.2 Å². The summed E-state index contributed by atoms with van der Waals surface area (Å²) in [7, 11) is 0. The predicted octanol–water partition coefficient (Wildman–Crippen LogP) is 6.23. The Morgan fingerprint density at radius 2 is 1.44 bits per heavy atom. The number of fused-ring (bicyclic) bond motifs is 1. The zero-order chi connectivity index (χ0) is 16.8. The molecule has 0 radical (unpaired) electrons. The Bertz CT molecular complexity index is 1140. The summed E-state index contributed by atoms with van der Waals surface area (Å²) in [5.74, 6) is 0. The highest BCUT2D eigenvalue weighted by Gasteiger charge is 2.16. The van der Waals surface area contributed by atoms with Crippen LogP contribution in [-0.4, -0.2) is 5.71 Å². The molecule has 0 amide bonds. The van der Waals surface area contributed by atoms with E-state index in [0.29, 0.717) is 0 Å². The van der Waals surface area contributed by atoms with Gasteiger partial charge in [0.15, 0.2) is 0 Å². The van der Waals surface area contributed by atoms with E-state index >= 15 is 0 Å². The summed E-state index contributed by atoms with van der Waals surface area (Å²) in [5, 5.41) is 5.23. The maximum absolute atomic E-state index is 5.00. The maximum Gasteiger partial charge on any atom is 0.0711 e. The number of rotatable bonds is 2. The van der Waals surface area contributed by atoms with E-state index in [1.807, 2.05) is 0 Å². The molecule has 0 heterocycles. The molecule has 1 aliphatic rings. The van der Waals surface area contributed by atoms with E-state index in [-0.39, 0.29) is 0 Å². The van der Waals surface area contributed by atoms with Crippen LogP contribution in [0.25, 0.3) is 21.5 Å². The molecule has 0 atom stereocenters. The summed E-state index contributed by atoms with van der Waals surface area (Å²) in [6.07, 6.45) is 2.32. The second kappa shape index (κ2) is 5.56. The Hall–Kier alpha value is -2.93. The molecule has 0 fully saturated rings. The number of benzene rings is 4. The van der Waals surface area contributed by atoms with Crippen LogP contribution in [0.1, 0.15) is 23.6 Å². The van der Waals surface area contributed by atoms with E-state index in [1.165, 1.54) is 38.2 Å². The number of aliphatic imine (C=N–C) groups is 1. The molecule has 1 heteroatoms.